The zero-order valence-electron chi connectivity index (χ0n) is 16.5. The van der Waals surface area contributed by atoms with Crippen molar-refractivity contribution in [3.05, 3.63) is 71.9 Å². The summed E-state index contributed by atoms with van der Waals surface area (Å²) in [4.78, 5) is 33.7. The first-order chi connectivity index (χ1) is 14.1. The number of carbonyl (C=O) groups excluding carboxylic acids is 2. The number of nitrogens with zero attached hydrogens (tertiary/aromatic N) is 3. The monoisotopic (exact) mass is 388 g/mol. The Morgan fingerprint density at radius 1 is 1.00 bits per heavy atom. The molecule has 0 radical (unpaired) electrons. The van der Waals surface area contributed by atoms with Gasteiger partial charge >= 0.3 is 0 Å². The van der Waals surface area contributed by atoms with Gasteiger partial charge in [-0.05, 0) is 42.9 Å². The minimum Gasteiger partial charge on any atom is -0.340 e. The fourth-order valence-electron chi connectivity index (χ4n) is 3.51. The summed E-state index contributed by atoms with van der Waals surface area (Å²) in [7, 11) is 2.07. The molecule has 2 aromatic carbocycles. The van der Waals surface area contributed by atoms with Crippen molar-refractivity contribution < 1.29 is 9.59 Å². The summed E-state index contributed by atoms with van der Waals surface area (Å²) >= 11 is 0. The molecule has 1 aromatic heterocycles. The Labute approximate surface area is 170 Å². The molecule has 148 valence electrons. The van der Waals surface area contributed by atoms with Gasteiger partial charge in [-0.2, -0.15) is 0 Å². The summed E-state index contributed by atoms with van der Waals surface area (Å²) in [6, 6.07) is 16.8. The van der Waals surface area contributed by atoms with Crippen LogP contribution in [-0.2, 0) is 11.2 Å². The molecule has 1 fully saturated rings. The van der Waals surface area contributed by atoms with Gasteiger partial charge in [0.25, 0.3) is 5.91 Å². The minimum atomic E-state index is -0.194. The Bertz CT molecular complexity index is 1040. The van der Waals surface area contributed by atoms with Gasteiger partial charge in [0.05, 0.1) is 11.9 Å². The second kappa shape index (κ2) is 8.41. The lowest BCUT2D eigenvalue weighted by Gasteiger charge is -2.32. The van der Waals surface area contributed by atoms with E-state index in [9.17, 15) is 9.59 Å². The largest absolute Gasteiger partial charge is 0.340 e. The maximum atomic E-state index is 12.7. The van der Waals surface area contributed by atoms with Crippen molar-refractivity contribution in [1.29, 1.82) is 0 Å². The predicted molar refractivity (Wildman–Crippen MR) is 114 cm³/mol. The van der Waals surface area contributed by atoms with Crippen LogP contribution in [0, 0.1) is 0 Å². The Morgan fingerprint density at radius 2 is 1.83 bits per heavy atom. The molecule has 6 heteroatoms. The van der Waals surface area contributed by atoms with E-state index in [1.165, 1.54) is 0 Å². The van der Waals surface area contributed by atoms with E-state index in [0.29, 0.717) is 17.7 Å². The van der Waals surface area contributed by atoms with E-state index < -0.39 is 0 Å². The minimum absolute atomic E-state index is 0.127. The molecular weight excluding hydrogens is 364 g/mol. The Balaban J connectivity index is 1.42. The number of hydrogen-bond donors (Lipinski definition) is 1. The Kier molecular flexibility index (Phi) is 5.53. The number of likely N-dealkylation sites (N-methyl/N-ethyl adjacent to an activating group) is 1. The van der Waals surface area contributed by atoms with Crippen LogP contribution in [0.1, 0.15) is 15.9 Å². The van der Waals surface area contributed by atoms with Crippen LogP contribution in [0.4, 0.5) is 5.69 Å². The summed E-state index contributed by atoms with van der Waals surface area (Å²) in [6.07, 6.45) is 2.05. The lowest BCUT2D eigenvalue weighted by atomic mass is 10.1. The van der Waals surface area contributed by atoms with Gasteiger partial charge in [-0.25, -0.2) is 0 Å². The predicted octanol–water partition coefficient (Wildman–Crippen LogP) is 2.80. The molecule has 1 N–H and O–H groups in total. The highest BCUT2D eigenvalue weighted by Crippen LogP contribution is 2.17. The third kappa shape index (κ3) is 4.60. The normalized spacial score (nSPS) is 14.7. The molecule has 0 aliphatic carbocycles. The molecule has 29 heavy (non-hydrogen) atoms. The molecule has 4 rings (SSSR count). The molecule has 2 amide bonds. The van der Waals surface area contributed by atoms with Crippen molar-refractivity contribution in [3.8, 4) is 0 Å². The maximum absolute atomic E-state index is 12.7. The van der Waals surface area contributed by atoms with Crippen molar-refractivity contribution >= 4 is 28.4 Å². The summed E-state index contributed by atoms with van der Waals surface area (Å²) in [6.45, 7) is 3.34. The van der Waals surface area contributed by atoms with E-state index in [-0.39, 0.29) is 11.8 Å². The second-order valence-electron chi connectivity index (χ2n) is 7.43. The molecule has 3 aromatic rings. The smallest absolute Gasteiger partial charge is 0.255 e. The molecule has 0 saturated carbocycles. The Morgan fingerprint density at radius 3 is 2.66 bits per heavy atom. The summed E-state index contributed by atoms with van der Waals surface area (Å²) in [5.41, 5.74) is 2.91. The number of pyridine rings is 1. The van der Waals surface area contributed by atoms with Crippen LogP contribution in [-0.4, -0.2) is 59.8 Å². The third-order valence-electron chi connectivity index (χ3n) is 5.26. The molecule has 2 heterocycles. The van der Waals surface area contributed by atoms with E-state index in [1.807, 2.05) is 47.4 Å². The lowest BCUT2D eigenvalue weighted by molar-refractivity contribution is -0.132. The van der Waals surface area contributed by atoms with Crippen LogP contribution in [0.25, 0.3) is 10.9 Å². The van der Waals surface area contributed by atoms with E-state index in [1.54, 1.807) is 18.3 Å². The number of fused-ring (bicyclic) bond motifs is 1. The highest BCUT2D eigenvalue weighted by Gasteiger charge is 2.19. The fraction of sp³-hybridized carbons (Fsp3) is 0.261. The number of rotatable bonds is 4. The van der Waals surface area contributed by atoms with Crippen LogP contribution in [0.3, 0.4) is 0 Å². The number of nitrogens with one attached hydrogen (secondary N) is 1. The van der Waals surface area contributed by atoms with Crippen LogP contribution < -0.4 is 5.32 Å². The topological polar surface area (TPSA) is 65.5 Å². The standard InChI is InChI=1S/C23H24N4O2/c1-26-10-12-27(13-11-26)22(28)15-17-4-2-6-20(14-17)25-23(29)19-8-7-18-5-3-9-24-21(18)16-19/h2-9,14,16H,10-13,15H2,1H3,(H,25,29). The molecule has 0 unspecified atom stereocenters. The third-order valence-corrected chi connectivity index (χ3v) is 5.26. The van der Waals surface area contributed by atoms with Gasteiger partial charge < -0.3 is 15.1 Å². The highest BCUT2D eigenvalue weighted by molar-refractivity contribution is 6.06. The van der Waals surface area contributed by atoms with Gasteiger partial charge in [0.2, 0.25) is 5.91 Å². The first-order valence-electron chi connectivity index (χ1n) is 9.80. The zero-order valence-corrected chi connectivity index (χ0v) is 16.5. The van der Waals surface area contributed by atoms with E-state index in [2.05, 4.69) is 22.2 Å². The van der Waals surface area contributed by atoms with Gasteiger partial charge in [0.15, 0.2) is 0 Å². The summed E-state index contributed by atoms with van der Waals surface area (Å²) in [5, 5.41) is 3.92. The molecule has 6 nitrogen and oxygen atoms in total. The van der Waals surface area contributed by atoms with Gasteiger partial charge in [-0.1, -0.05) is 24.3 Å². The zero-order chi connectivity index (χ0) is 20.2. The van der Waals surface area contributed by atoms with Crippen molar-refractivity contribution in [2.75, 3.05) is 38.5 Å². The van der Waals surface area contributed by atoms with E-state index >= 15 is 0 Å². The number of piperazine rings is 1. The van der Waals surface area contributed by atoms with Crippen molar-refractivity contribution in [1.82, 2.24) is 14.8 Å². The second-order valence-corrected chi connectivity index (χ2v) is 7.43. The van der Waals surface area contributed by atoms with Crippen LogP contribution in [0.5, 0.6) is 0 Å². The van der Waals surface area contributed by atoms with Crippen molar-refractivity contribution in [2.24, 2.45) is 0 Å². The SMILES string of the molecule is CN1CCN(C(=O)Cc2cccc(NC(=O)c3ccc4cccnc4c3)c2)CC1. The van der Waals surface area contributed by atoms with E-state index in [0.717, 1.165) is 42.6 Å². The van der Waals surface area contributed by atoms with Gasteiger partial charge in [-0.3, -0.25) is 14.6 Å². The Hall–Kier alpha value is -3.25. The molecular formula is C23H24N4O2. The summed E-state index contributed by atoms with van der Waals surface area (Å²) < 4.78 is 0. The molecule has 0 atom stereocenters. The lowest BCUT2D eigenvalue weighted by Crippen LogP contribution is -2.47. The quantitative estimate of drug-likeness (QED) is 0.746. The highest BCUT2D eigenvalue weighted by atomic mass is 16.2. The number of hydrogen-bond acceptors (Lipinski definition) is 4. The average molecular weight is 388 g/mol. The van der Waals surface area contributed by atoms with Crippen molar-refractivity contribution in [3.63, 3.8) is 0 Å². The fourth-order valence-corrected chi connectivity index (χ4v) is 3.51. The number of carbonyl (C=O) groups is 2. The van der Waals surface area contributed by atoms with E-state index in [4.69, 9.17) is 0 Å². The molecule has 1 saturated heterocycles. The van der Waals surface area contributed by atoms with Gasteiger partial charge in [0.1, 0.15) is 0 Å². The van der Waals surface area contributed by atoms with Crippen molar-refractivity contribution in [2.45, 2.75) is 6.42 Å². The van der Waals surface area contributed by atoms with Gasteiger partial charge in [0, 0.05) is 49.0 Å². The van der Waals surface area contributed by atoms with Gasteiger partial charge in [-0.15, -0.1) is 0 Å². The number of aromatic nitrogens is 1. The molecule has 1 aliphatic rings. The first kappa shape index (κ1) is 19.1. The number of benzene rings is 2. The van der Waals surface area contributed by atoms with Crippen LogP contribution in [0.2, 0.25) is 0 Å². The molecule has 0 bridgehead atoms. The summed E-state index contributed by atoms with van der Waals surface area (Å²) in [5.74, 6) is -0.0673. The number of amides is 2. The van der Waals surface area contributed by atoms with Crippen LogP contribution >= 0.6 is 0 Å². The average Bonchev–Trinajstić information content (AvgIpc) is 2.74. The first-order valence-corrected chi connectivity index (χ1v) is 9.80. The molecule has 0 spiro atoms. The molecule has 1 aliphatic heterocycles. The van der Waals surface area contributed by atoms with Crippen LogP contribution in [0.15, 0.2) is 60.8 Å². The number of anilines is 1. The maximum Gasteiger partial charge on any atom is 0.255 e.